The van der Waals surface area contributed by atoms with E-state index >= 15 is 0 Å². The molecule has 0 aliphatic heterocycles. The first-order valence-electron chi connectivity index (χ1n) is 17.8. The molecule has 248 valence electrons. The van der Waals surface area contributed by atoms with Crippen LogP contribution in [-0.2, 0) is 0 Å². The molecule has 0 saturated carbocycles. The van der Waals surface area contributed by atoms with Gasteiger partial charge in [0.05, 0.1) is 43.3 Å². The lowest BCUT2D eigenvalue weighted by Crippen LogP contribution is -1.95. The van der Waals surface area contributed by atoms with Crippen LogP contribution in [0.25, 0.3) is 104 Å². The van der Waals surface area contributed by atoms with E-state index in [0.717, 1.165) is 60.0 Å². The third kappa shape index (κ3) is 4.09. The van der Waals surface area contributed by atoms with Crippen molar-refractivity contribution in [2.24, 2.45) is 0 Å². The molecule has 0 N–H and O–H groups in total. The summed E-state index contributed by atoms with van der Waals surface area (Å²) in [6, 6.07) is 60.8. The molecule has 5 nitrogen and oxygen atoms in total. The lowest BCUT2D eigenvalue weighted by Gasteiger charge is -2.09. The molecule has 12 aromatic rings. The number of hydrogen-bond donors (Lipinski definition) is 0. The summed E-state index contributed by atoms with van der Waals surface area (Å²) in [7, 11) is 0. The zero-order chi connectivity index (χ0) is 34.6. The lowest BCUT2D eigenvalue weighted by atomic mass is 10.1. The molecule has 12 rings (SSSR count). The number of nitrogens with zero attached hydrogens (tertiary/aromatic N) is 4. The summed E-state index contributed by atoms with van der Waals surface area (Å²) in [5.41, 5.74) is 10.1. The number of furan rings is 1. The summed E-state index contributed by atoms with van der Waals surface area (Å²) in [6.45, 7) is 0. The zero-order valence-corrected chi connectivity index (χ0v) is 29.1. The van der Waals surface area contributed by atoms with Gasteiger partial charge in [0.15, 0.2) is 10.8 Å². The van der Waals surface area contributed by atoms with Crippen molar-refractivity contribution in [2.45, 2.75) is 0 Å². The number of benzene rings is 7. The molecule has 0 saturated heterocycles. The number of hydrogen-bond acceptors (Lipinski definition) is 3. The molecule has 0 aliphatic rings. The van der Waals surface area contributed by atoms with Gasteiger partial charge in [0, 0.05) is 49.8 Å². The van der Waals surface area contributed by atoms with Crippen molar-refractivity contribution >= 4 is 87.0 Å². The van der Waals surface area contributed by atoms with Crippen molar-refractivity contribution in [3.8, 4) is 28.0 Å². The Morgan fingerprint density at radius 2 is 0.849 bits per heavy atom. The van der Waals surface area contributed by atoms with Gasteiger partial charge in [-0.1, -0.05) is 84.9 Å². The predicted molar refractivity (Wildman–Crippen MR) is 220 cm³/mol. The molecule has 7 aromatic carbocycles. The van der Waals surface area contributed by atoms with E-state index in [0.29, 0.717) is 0 Å². The standard InChI is InChI=1S/C47H28N4OS/c1-6-16-38-31(11-1)32-12-2-7-17-39(32)49(38)29-21-23-42-35(27-29)36-28-30(50-40-18-8-3-13-33(40)34-14-4-9-19-41(34)50)22-24-43(36)51(42)46-26-25-44(52-46)47-48-37-15-5-10-20-45(37)53-47/h1-28H. The smallest absolute Gasteiger partial charge is 0.205 e. The first-order valence-corrected chi connectivity index (χ1v) is 18.6. The van der Waals surface area contributed by atoms with E-state index in [1.165, 1.54) is 43.6 Å². The second kappa shape index (κ2) is 10.8. The van der Waals surface area contributed by atoms with Gasteiger partial charge in [-0.2, -0.15) is 0 Å². The lowest BCUT2D eigenvalue weighted by molar-refractivity contribution is 0.560. The molecular weight excluding hydrogens is 669 g/mol. The Morgan fingerprint density at radius 1 is 0.396 bits per heavy atom. The largest absolute Gasteiger partial charge is 0.437 e. The van der Waals surface area contributed by atoms with E-state index in [4.69, 9.17) is 9.40 Å². The monoisotopic (exact) mass is 696 g/mol. The molecule has 5 aromatic heterocycles. The Labute approximate surface area is 306 Å². The van der Waals surface area contributed by atoms with E-state index in [-0.39, 0.29) is 0 Å². The van der Waals surface area contributed by atoms with Crippen molar-refractivity contribution in [2.75, 3.05) is 0 Å². The van der Waals surface area contributed by atoms with Crippen LogP contribution in [0, 0.1) is 0 Å². The number of para-hydroxylation sites is 5. The molecule has 0 bridgehead atoms. The molecule has 0 aliphatic carbocycles. The Hall–Kier alpha value is -6.89. The van der Waals surface area contributed by atoms with Crippen LogP contribution >= 0.6 is 11.3 Å². The van der Waals surface area contributed by atoms with Crippen molar-refractivity contribution in [3.63, 3.8) is 0 Å². The normalized spacial score (nSPS) is 12.2. The molecule has 6 heteroatoms. The summed E-state index contributed by atoms with van der Waals surface area (Å²) in [4.78, 5) is 4.89. The van der Waals surface area contributed by atoms with E-state index in [1.807, 2.05) is 12.1 Å². The van der Waals surface area contributed by atoms with Gasteiger partial charge in [0.2, 0.25) is 5.88 Å². The van der Waals surface area contributed by atoms with Crippen molar-refractivity contribution in [1.29, 1.82) is 0 Å². The van der Waals surface area contributed by atoms with Crippen molar-refractivity contribution in [3.05, 3.63) is 170 Å². The molecule has 5 heterocycles. The van der Waals surface area contributed by atoms with Crippen LogP contribution in [0.5, 0.6) is 0 Å². The van der Waals surface area contributed by atoms with Crippen LogP contribution in [0.4, 0.5) is 0 Å². The van der Waals surface area contributed by atoms with Gasteiger partial charge < -0.3 is 13.6 Å². The van der Waals surface area contributed by atoms with Gasteiger partial charge in [-0.05, 0) is 78.9 Å². The summed E-state index contributed by atoms with van der Waals surface area (Å²) in [5, 5.41) is 8.17. The fraction of sp³-hybridized carbons (Fsp3) is 0. The van der Waals surface area contributed by atoms with E-state index in [2.05, 4.69) is 171 Å². The number of rotatable bonds is 4. The van der Waals surface area contributed by atoms with Crippen LogP contribution in [-0.4, -0.2) is 18.7 Å². The maximum atomic E-state index is 6.70. The molecule has 0 radical (unpaired) electrons. The van der Waals surface area contributed by atoms with Crippen LogP contribution < -0.4 is 0 Å². The zero-order valence-electron chi connectivity index (χ0n) is 28.3. The highest BCUT2D eigenvalue weighted by atomic mass is 32.1. The first-order chi connectivity index (χ1) is 26.3. The minimum atomic E-state index is 0.758. The Balaban J connectivity index is 1.13. The Kier molecular flexibility index (Phi) is 5.87. The minimum Gasteiger partial charge on any atom is -0.437 e. The van der Waals surface area contributed by atoms with E-state index < -0.39 is 0 Å². The van der Waals surface area contributed by atoms with Gasteiger partial charge in [-0.3, -0.25) is 4.57 Å². The first kappa shape index (κ1) is 28.8. The summed E-state index contributed by atoms with van der Waals surface area (Å²) < 4.78 is 14.9. The van der Waals surface area contributed by atoms with Crippen molar-refractivity contribution < 1.29 is 4.42 Å². The highest BCUT2D eigenvalue weighted by molar-refractivity contribution is 7.21. The predicted octanol–water partition coefficient (Wildman–Crippen LogP) is 12.8. The molecule has 0 fully saturated rings. The maximum Gasteiger partial charge on any atom is 0.205 e. The summed E-state index contributed by atoms with van der Waals surface area (Å²) in [6.07, 6.45) is 0. The fourth-order valence-corrected chi connectivity index (χ4v) is 9.38. The van der Waals surface area contributed by atoms with Gasteiger partial charge >= 0.3 is 0 Å². The van der Waals surface area contributed by atoms with E-state index in [9.17, 15) is 0 Å². The second-order valence-electron chi connectivity index (χ2n) is 13.6. The number of fused-ring (bicyclic) bond motifs is 10. The number of aromatic nitrogens is 4. The average Bonchev–Trinajstić information content (AvgIpc) is 4.04. The van der Waals surface area contributed by atoms with Gasteiger partial charge in [-0.25, -0.2) is 4.98 Å². The molecular formula is C47H28N4OS. The van der Waals surface area contributed by atoms with Gasteiger partial charge in [-0.15, -0.1) is 11.3 Å². The fourth-order valence-electron chi connectivity index (χ4n) is 8.46. The SMILES string of the molecule is c1ccc2sc(-c3ccc(-n4c5ccc(-n6c7ccccc7c7ccccc76)cc5c5cc(-n6c7ccccc7c7ccccc76)ccc54)o3)nc2c1. The highest BCUT2D eigenvalue weighted by Gasteiger charge is 2.21. The molecule has 0 spiro atoms. The molecule has 53 heavy (non-hydrogen) atoms. The molecule has 0 unspecified atom stereocenters. The van der Waals surface area contributed by atoms with Crippen LogP contribution in [0.2, 0.25) is 0 Å². The van der Waals surface area contributed by atoms with Crippen LogP contribution in [0.1, 0.15) is 0 Å². The Morgan fingerprint density at radius 3 is 1.36 bits per heavy atom. The third-order valence-corrected chi connectivity index (χ3v) is 11.8. The number of thiazole rings is 1. The van der Waals surface area contributed by atoms with Gasteiger partial charge in [0.25, 0.3) is 0 Å². The van der Waals surface area contributed by atoms with Crippen molar-refractivity contribution in [1.82, 2.24) is 18.7 Å². The van der Waals surface area contributed by atoms with Gasteiger partial charge in [0.1, 0.15) is 0 Å². The van der Waals surface area contributed by atoms with Crippen LogP contribution in [0.15, 0.2) is 174 Å². The average molecular weight is 697 g/mol. The van der Waals surface area contributed by atoms with Crippen LogP contribution in [0.3, 0.4) is 0 Å². The molecule has 0 amide bonds. The topological polar surface area (TPSA) is 40.8 Å². The maximum absolute atomic E-state index is 6.70. The quantitative estimate of drug-likeness (QED) is 0.184. The summed E-state index contributed by atoms with van der Waals surface area (Å²) >= 11 is 1.65. The summed E-state index contributed by atoms with van der Waals surface area (Å²) in [5.74, 6) is 1.52. The van der Waals surface area contributed by atoms with E-state index in [1.54, 1.807) is 11.3 Å². The third-order valence-electron chi connectivity index (χ3n) is 10.7. The Bertz CT molecular complexity index is 3110. The second-order valence-corrected chi connectivity index (χ2v) is 14.6. The molecule has 0 atom stereocenters. The minimum absolute atomic E-state index is 0.758. The highest BCUT2D eigenvalue weighted by Crippen LogP contribution is 2.40.